The smallest absolute Gasteiger partial charge is 0.229 e. The third-order valence-electron chi connectivity index (χ3n) is 5.34. The molecule has 1 heterocycles. The Labute approximate surface area is 214 Å². The molecule has 0 aliphatic heterocycles. The highest BCUT2D eigenvalue weighted by atomic mass is 32.2. The SMILES string of the molecule is COc1cc(Nc2ncc(F)c(Nc3ccc(CS(=O)(=O)c4ccccc4)cc3)n2)cc(OC)c1OC. The minimum atomic E-state index is -3.48. The summed E-state index contributed by atoms with van der Waals surface area (Å²) >= 11 is 0. The van der Waals surface area contributed by atoms with Crippen LogP contribution in [0.25, 0.3) is 0 Å². The highest BCUT2D eigenvalue weighted by Gasteiger charge is 2.16. The van der Waals surface area contributed by atoms with E-state index < -0.39 is 15.7 Å². The van der Waals surface area contributed by atoms with Crippen LogP contribution in [0, 0.1) is 5.82 Å². The maximum atomic E-state index is 14.5. The van der Waals surface area contributed by atoms with Gasteiger partial charge in [-0.3, -0.25) is 0 Å². The van der Waals surface area contributed by atoms with Crippen LogP contribution >= 0.6 is 0 Å². The maximum absolute atomic E-state index is 14.5. The Morgan fingerprint density at radius 3 is 2.08 bits per heavy atom. The van der Waals surface area contributed by atoms with Crippen molar-refractivity contribution < 1.29 is 27.0 Å². The lowest BCUT2D eigenvalue weighted by molar-refractivity contribution is 0.324. The maximum Gasteiger partial charge on any atom is 0.229 e. The van der Waals surface area contributed by atoms with Crippen molar-refractivity contribution in [2.75, 3.05) is 32.0 Å². The molecule has 0 atom stereocenters. The van der Waals surface area contributed by atoms with Gasteiger partial charge in [-0.2, -0.15) is 4.98 Å². The molecule has 0 bridgehead atoms. The van der Waals surface area contributed by atoms with Crippen LogP contribution in [0.15, 0.2) is 77.8 Å². The van der Waals surface area contributed by atoms with Gasteiger partial charge in [0.15, 0.2) is 33.0 Å². The van der Waals surface area contributed by atoms with Crippen molar-refractivity contribution in [1.82, 2.24) is 9.97 Å². The van der Waals surface area contributed by atoms with E-state index in [0.29, 0.717) is 34.2 Å². The third-order valence-corrected chi connectivity index (χ3v) is 7.04. The summed E-state index contributed by atoms with van der Waals surface area (Å²) in [5, 5.41) is 5.90. The number of rotatable bonds is 10. The zero-order valence-corrected chi connectivity index (χ0v) is 21.2. The number of hydrogen-bond acceptors (Lipinski definition) is 9. The van der Waals surface area contributed by atoms with E-state index in [4.69, 9.17) is 14.2 Å². The van der Waals surface area contributed by atoms with Crippen LogP contribution in [0.5, 0.6) is 17.2 Å². The molecule has 4 rings (SSSR count). The first-order valence-electron chi connectivity index (χ1n) is 11.1. The molecule has 0 aliphatic carbocycles. The van der Waals surface area contributed by atoms with Crippen LogP contribution in [0.1, 0.15) is 5.56 Å². The summed E-state index contributed by atoms with van der Waals surface area (Å²) in [6, 6.07) is 18.2. The molecule has 2 N–H and O–H groups in total. The molecule has 37 heavy (non-hydrogen) atoms. The number of ether oxygens (including phenoxy) is 3. The fourth-order valence-electron chi connectivity index (χ4n) is 3.55. The number of hydrogen-bond donors (Lipinski definition) is 2. The summed E-state index contributed by atoms with van der Waals surface area (Å²) in [6.07, 6.45) is 1.04. The second kappa shape index (κ2) is 11.1. The minimum absolute atomic E-state index is 0.0606. The zero-order chi connectivity index (χ0) is 26.4. The van der Waals surface area contributed by atoms with Crippen LogP contribution in [-0.4, -0.2) is 39.7 Å². The van der Waals surface area contributed by atoms with Gasteiger partial charge in [-0.15, -0.1) is 0 Å². The Morgan fingerprint density at radius 1 is 0.838 bits per heavy atom. The molecule has 0 amide bonds. The number of aromatic nitrogens is 2. The van der Waals surface area contributed by atoms with Crippen LogP contribution in [0.3, 0.4) is 0 Å². The summed E-state index contributed by atoms with van der Waals surface area (Å²) in [5.41, 5.74) is 1.66. The molecule has 0 radical (unpaired) electrons. The fraction of sp³-hybridized carbons (Fsp3) is 0.154. The number of methoxy groups -OCH3 is 3. The van der Waals surface area contributed by atoms with Gasteiger partial charge < -0.3 is 24.8 Å². The average Bonchev–Trinajstić information content (AvgIpc) is 2.91. The van der Waals surface area contributed by atoms with Crippen molar-refractivity contribution in [2.45, 2.75) is 10.6 Å². The Kier molecular flexibility index (Phi) is 7.73. The Balaban J connectivity index is 1.50. The lowest BCUT2D eigenvalue weighted by atomic mass is 10.2. The molecule has 0 saturated carbocycles. The summed E-state index contributed by atoms with van der Waals surface area (Å²) < 4.78 is 55.7. The van der Waals surface area contributed by atoms with Gasteiger partial charge in [-0.1, -0.05) is 30.3 Å². The normalized spacial score (nSPS) is 11.0. The van der Waals surface area contributed by atoms with Gasteiger partial charge in [0, 0.05) is 23.5 Å². The lowest BCUT2D eigenvalue weighted by Gasteiger charge is -2.15. The van der Waals surface area contributed by atoms with Crippen molar-refractivity contribution in [3.05, 3.63) is 84.3 Å². The molecule has 0 unspecified atom stereocenters. The van der Waals surface area contributed by atoms with Crippen molar-refractivity contribution in [2.24, 2.45) is 0 Å². The largest absolute Gasteiger partial charge is 0.493 e. The van der Waals surface area contributed by atoms with Gasteiger partial charge in [0.25, 0.3) is 0 Å². The summed E-state index contributed by atoms with van der Waals surface area (Å²) in [4.78, 5) is 8.47. The second-order valence-electron chi connectivity index (χ2n) is 7.82. The van der Waals surface area contributed by atoms with Gasteiger partial charge in [0.2, 0.25) is 11.7 Å². The molecule has 0 spiro atoms. The number of nitrogens with one attached hydrogen (secondary N) is 2. The van der Waals surface area contributed by atoms with Crippen molar-refractivity contribution in [3.8, 4) is 17.2 Å². The van der Waals surface area contributed by atoms with Crippen molar-refractivity contribution in [3.63, 3.8) is 0 Å². The van der Waals surface area contributed by atoms with Gasteiger partial charge in [-0.05, 0) is 29.8 Å². The average molecular weight is 525 g/mol. The van der Waals surface area contributed by atoms with Gasteiger partial charge in [-0.25, -0.2) is 17.8 Å². The number of anilines is 4. The summed E-state index contributed by atoms with van der Waals surface area (Å²) in [6.45, 7) is 0. The topological polar surface area (TPSA) is 112 Å². The number of halogens is 1. The van der Waals surface area contributed by atoms with Gasteiger partial charge >= 0.3 is 0 Å². The van der Waals surface area contributed by atoms with E-state index in [1.165, 1.54) is 21.3 Å². The first-order chi connectivity index (χ1) is 17.8. The Bertz CT molecular complexity index is 1460. The number of sulfone groups is 1. The molecule has 11 heteroatoms. The van der Waals surface area contributed by atoms with Crippen molar-refractivity contribution >= 4 is 33.0 Å². The minimum Gasteiger partial charge on any atom is -0.493 e. The Morgan fingerprint density at radius 2 is 1.49 bits per heavy atom. The van der Waals surface area contributed by atoms with E-state index in [1.54, 1.807) is 66.7 Å². The van der Waals surface area contributed by atoms with Gasteiger partial charge in [0.1, 0.15) is 0 Å². The molecule has 0 aliphatic rings. The Hall–Kier alpha value is -4.38. The van der Waals surface area contributed by atoms with Crippen LogP contribution in [-0.2, 0) is 15.6 Å². The molecule has 4 aromatic rings. The van der Waals surface area contributed by atoms with E-state index in [9.17, 15) is 12.8 Å². The second-order valence-corrected chi connectivity index (χ2v) is 9.81. The molecular formula is C26H25FN4O5S. The predicted molar refractivity (Wildman–Crippen MR) is 138 cm³/mol. The van der Waals surface area contributed by atoms with Crippen molar-refractivity contribution in [1.29, 1.82) is 0 Å². The van der Waals surface area contributed by atoms with E-state index in [0.717, 1.165) is 6.20 Å². The van der Waals surface area contributed by atoms with E-state index in [1.807, 2.05) is 0 Å². The highest BCUT2D eigenvalue weighted by Crippen LogP contribution is 2.40. The first-order valence-corrected chi connectivity index (χ1v) is 12.7. The molecule has 3 aromatic carbocycles. The first kappa shape index (κ1) is 25.7. The van der Waals surface area contributed by atoms with Crippen LogP contribution in [0.4, 0.5) is 27.5 Å². The third kappa shape index (κ3) is 6.07. The monoisotopic (exact) mass is 524 g/mol. The molecular weight excluding hydrogens is 499 g/mol. The molecule has 9 nitrogen and oxygen atoms in total. The predicted octanol–water partition coefficient (Wildman–Crippen LogP) is 5.10. The van der Waals surface area contributed by atoms with Crippen LogP contribution in [0.2, 0.25) is 0 Å². The number of nitrogens with zero attached hydrogens (tertiary/aromatic N) is 2. The van der Waals surface area contributed by atoms with Crippen LogP contribution < -0.4 is 24.8 Å². The molecule has 0 fully saturated rings. The highest BCUT2D eigenvalue weighted by molar-refractivity contribution is 7.90. The quantitative estimate of drug-likeness (QED) is 0.293. The molecule has 1 aromatic heterocycles. The lowest BCUT2D eigenvalue weighted by Crippen LogP contribution is -2.05. The van der Waals surface area contributed by atoms with E-state index in [2.05, 4.69) is 20.6 Å². The molecule has 192 valence electrons. The van der Waals surface area contributed by atoms with E-state index >= 15 is 0 Å². The number of benzene rings is 3. The fourth-order valence-corrected chi connectivity index (χ4v) is 4.92. The summed E-state index contributed by atoms with van der Waals surface area (Å²) in [5.74, 6) is 0.544. The standard InChI is InChI=1S/C26H25FN4O5S/c1-34-22-13-19(14-23(35-2)24(22)36-3)30-26-28-15-21(27)25(31-26)29-18-11-9-17(10-12-18)16-37(32,33)20-7-5-4-6-8-20/h4-15H,16H2,1-3H3,(H2,28,29,30,31). The van der Waals surface area contributed by atoms with Gasteiger partial charge in [0.05, 0.1) is 38.2 Å². The zero-order valence-electron chi connectivity index (χ0n) is 20.4. The van der Waals surface area contributed by atoms with E-state index in [-0.39, 0.29) is 22.4 Å². The summed E-state index contributed by atoms with van der Waals surface area (Å²) in [7, 11) is 1.03. The molecule has 0 saturated heterocycles.